The Hall–Kier alpha value is -3.68. The molecule has 2 amide bonds. The van der Waals surface area contributed by atoms with Crippen LogP contribution in [0.1, 0.15) is 26.3 Å². The van der Waals surface area contributed by atoms with E-state index in [1.807, 2.05) is 0 Å². The minimum Gasteiger partial charge on any atom is -0.454 e. The number of hydrogen-bond acceptors (Lipinski definition) is 5. The van der Waals surface area contributed by atoms with Crippen LogP contribution in [0.4, 0.5) is 5.69 Å². The lowest BCUT2D eigenvalue weighted by Gasteiger charge is -2.11. The zero-order valence-corrected chi connectivity index (χ0v) is 18.7. The van der Waals surface area contributed by atoms with Gasteiger partial charge in [0.1, 0.15) is 6.54 Å². The Balaban J connectivity index is 1.52. The molecule has 0 fully saturated rings. The Bertz CT molecular complexity index is 1200. The van der Waals surface area contributed by atoms with Crippen LogP contribution in [0.5, 0.6) is 0 Å². The molecule has 3 rings (SSSR count). The number of carbonyl (C=O) groups excluding carboxylic acids is 4. The van der Waals surface area contributed by atoms with Gasteiger partial charge in [-0.1, -0.05) is 65.7 Å². The number of carbonyl (C=O) groups is 4. The summed E-state index contributed by atoms with van der Waals surface area (Å²) < 4.78 is 4.89. The molecule has 0 heterocycles. The monoisotopic (exact) mass is 484 g/mol. The van der Waals surface area contributed by atoms with Crippen molar-refractivity contribution in [3.8, 4) is 0 Å². The van der Waals surface area contributed by atoms with E-state index in [9.17, 15) is 19.2 Å². The Kier molecular flexibility index (Phi) is 8.18. The van der Waals surface area contributed by atoms with E-state index in [-0.39, 0.29) is 22.1 Å². The summed E-state index contributed by atoms with van der Waals surface area (Å²) in [6.07, 6.45) is 0. The Morgan fingerprint density at radius 1 is 0.818 bits per heavy atom. The van der Waals surface area contributed by atoms with Gasteiger partial charge in [-0.15, -0.1) is 0 Å². The molecule has 0 radical (unpaired) electrons. The van der Waals surface area contributed by atoms with Gasteiger partial charge >= 0.3 is 5.97 Å². The van der Waals surface area contributed by atoms with Crippen LogP contribution in [-0.2, 0) is 14.3 Å². The van der Waals surface area contributed by atoms with Gasteiger partial charge in [-0.3, -0.25) is 19.2 Å². The molecular weight excluding hydrogens is 467 g/mol. The van der Waals surface area contributed by atoms with E-state index in [1.54, 1.807) is 54.6 Å². The number of benzene rings is 3. The number of hydrogen-bond donors (Lipinski definition) is 2. The van der Waals surface area contributed by atoms with Crippen LogP contribution in [0.25, 0.3) is 0 Å². The summed E-state index contributed by atoms with van der Waals surface area (Å²) in [5.74, 6) is -2.31. The topological polar surface area (TPSA) is 102 Å². The first-order valence-corrected chi connectivity index (χ1v) is 10.5. The van der Waals surface area contributed by atoms with Crippen molar-refractivity contribution in [2.24, 2.45) is 0 Å². The van der Waals surface area contributed by atoms with E-state index in [0.717, 1.165) is 0 Å². The molecule has 33 heavy (non-hydrogen) atoms. The second-order valence-electron chi connectivity index (χ2n) is 6.76. The number of halogens is 2. The van der Waals surface area contributed by atoms with Crippen molar-refractivity contribution in [2.45, 2.75) is 0 Å². The predicted molar refractivity (Wildman–Crippen MR) is 125 cm³/mol. The summed E-state index contributed by atoms with van der Waals surface area (Å²) in [6.45, 7) is -1.06. The summed E-state index contributed by atoms with van der Waals surface area (Å²) in [7, 11) is 0. The molecule has 9 heteroatoms. The van der Waals surface area contributed by atoms with Gasteiger partial charge in [-0.05, 0) is 30.3 Å². The first-order valence-electron chi connectivity index (χ1n) is 9.72. The fourth-order valence-corrected chi connectivity index (χ4v) is 3.33. The largest absolute Gasteiger partial charge is 0.454 e. The lowest BCUT2D eigenvalue weighted by molar-refractivity contribution is -0.146. The number of anilines is 1. The average Bonchev–Trinajstić information content (AvgIpc) is 2.81. The van der Waals surface area contributed by atoms with E-state index in [4.69, 9.17) is 27.9 Å². The molecule has 0 saturated heterocycles. The molecule has 0 unspecified atom stereocenters. The van der Waals surface area contributed by atoms with Gasteiger partial charge in [0, 0.05) is 16.1 Å². The number of ketones is 1. The van der Waals surface area contributed by atoms with Crippen LogP contribution < -0.4 is 10.6 Å². The molecule has 0 aliphatic rings. The van der Waals surface area contributed by atoms with Gasteiger partial charge in [0.2, 0.25) is 0 Å². The summed E-state index contributed by atoms with van der Waals surface area (Å²) in [4.78, 5) is 49.0. The molecule has 2 N–H and O–H groups in total. The van der Waals surface area contributed by atoms with Crippen LogP contribution in [0.2, 0.25) is 10.0 Å². The van der Waals surface area contributed by atoms with E-state index in [1.165, 1.54) is 18.2 Å². The smallest absolute Gasteiger partial charge is 0.325 e. The molecule has 0 aliphatic carbocycles. The average molecular weight is 485 g/mol. The minimum absolute atomic E-state index is 0.136. The molecule has 0 atom stereocenters. The second-order valence-corrected chi connectivity index (χ2v) is 7.60. The van der Waals surface area contributed by atoms with Gasteiger partial charge in [-0.2, -0.15) is 0 Å². The van der Waals surface area contributed by atoms with Crippen molar-refractivity contribution in [3.05, 3.63) is 99.5 Å². The highest BCUT2D eigenvalue weighted by Gasteiger charge is 2.16. The highest BCUT2D eigenvalue weighted by Crippen LogP contribution is 2.21. The maximum absolute atomic E-state index is 12.7. The summed E-state index contributed by atoms with van der Waals surface area (Å²) >= 11 is 11.7. The van der Waals surface area contributed by atoms with E-state index < -0.39 is 30.9 Å². The molecule has 0 aliphatic heterocycles. The molecule has 0 spiro atoms. The number of nitrogens with one attached hydrogen (secondary N) is 2. The number of rotatable bonds is 8. The van der Waals surface area contributed by atoms with Gasteiger partial charge in [-0.25, -0.2) is 0 Å². The zero-order chi connectivity index (χ0) is 23.8. The van der Waals surface area contributed by atoms with Crippen LogP contribution in [0.15, 0.2) is 72.8 Å². The van der Waals surface area contributed by atoms with E-state index >= 15 is 0 Å². The zero-order valence-electron chi connectivity index (χ0n) is 17.1. The highest BCUT2D eigenvalue weighted by atomic mass is 35.5. The second kappa shape index (κ2) is 11.3. The lowest BCUT2D eigenvalue weighted by Crippen LogP contribution is -2.32. The number of ether oxygens (including phenoxy) is 1. The van der Waals surface area contributed by atoms with E-state index in [0.29, 0.717) is 16.1 Å². The third-order valence-electron chi connectivity index (χ3n) is 4.42. The summed E-state index contributed by atoms with van der Waals surface area (Å²) in [5, 5.41) is 5.43. The molecule has 3 aromatic carbocycles. The predicted octanol–water partition coefficient (Wildman–Crippen LogP) is 4.14. The van der Waals surface area contributed by atoms with Crippen molar-refractivity contribution in [1.29, 1.82) is 0 Å². The number of para-hydroxylation sites is 1. The van der Waals surface area contributed by atoms with Gasteiger partial charge < -0.3 is 15.4 Å². The molecule has 168 valence electrons. The van der Waals surface area contributed by atoms with Crippen molar-refractivity contribution < 1.29 is 23.9 Å². The number of amides is 2. The molecular formula is C24H18Cl2N2O5. The fourth-order valence-electron chi connectivity index (χ4n) is 2.84. The fraction of sp³-hybridized carbons (Fsp3) is 0.0833. The Morgan fingerprint density at radius 2 is 1.52 bits per heavy atom. The maximum Gasteiger partial charge on any atom is 0.325 e. The van der Waals surface area contributed by atoms with Crippen LogP contribution in [0, 0.1) is 0 Å². The Morgan fingerprint density at radius 3 is 2.24 bits per heavy atom. The molecule has 7 nitrogen and oxygen atoms in total. The van der Waals surface area contributed by atoms with E-state index in [2.05, 4.69) is 10.6 Å². The van der Waals surface area contributed by atoms with Gasteiger partial charge in [0.15, 0.2) is 12.4 Å². The first-order chi connectivity index (χ1) is 15.8. The third-order valence-corrected chi connectivity index (χ3v) is 4.96. The number of esters is 1. The quantitative estimate of drug-likeness (QED) is 0.369. The van der Waals surface area contributed by atoms with Crippen LogP contribution in [-0.4, -0.2) is 36.7 Å². The molecule has 3 aromatic rings. The van der Waals surface area contributed by atoms with Crippen molar-refractivity contribution in [2.75, 3.05) is 18.5 Å². The van der Waals surface area contributed by atoms with Gasteiger partial charge in [0.05, 0.1) is 16.3 Å². The summed E-state index contributed by atoms with van der Waals surface area (Å²) in [6, 6.07) is 19.5. The molecule has 0 aromatic heterocycles. The lowest BCUT2D eigenvalue weighted by atomic mass is 10.0. The maximum atomic E-state index is 12.7. The Labute approximate surface area is 199 Å². The first kappa shape index (κ1) is 24.0. The van der Waals surface area contributed by atoms with Crippen LogP contribution >= 0.6 is 23.2 Å². The van der Waals surface area contributed by atoms with Crippen LogP contribution in [0.3, 0.4) is 0 Å². The molecule has 0 saturated carbocycles. The molecule has 0 bridgehead atoms. The normalized spacial score (nSPS) is 10.2. The third kappa shape index (κ3) is 6.65. The van der Waals surface area contributed by atoms with Crippen molar-refractivity contribution in [3.63, 3.8) is 0 Å². The summed E-state index contributed by atoms with van der Waals surface area (Å²) in [5.41, 5.74) is 1.21. The van der Waals surface area contributed by atoms with Crippen molar-refractivity contribution in [1.82, 2.24) is 5.32 Å². The standard InChI is InChI=1S/C24H18Cl2N2O5/c25-16-10-11-17(19(26)12-16)24(32)27-13-22(30)33-14-21(29)28-20-9-5-4-8-18(20)23(31)15-6-2-1-3-7-15/h1-12H,13-14H2,(H,27,32)(H,28,29). The van der Waals surface area contributed by atoms with Crippen molar-refractivity contribution >= 4 is 52.5 Å². The highest BCUT2D eigenvalue weighted by molar-refractivity contribution is 6.36. The van der Waals surface area contributed by atoms with Gasteiger partial charge in [0.25, 0.3) is 11.8 Å². The SMILES string of the molecule is O=C(COC(=O)CNC(=O)c1ccc(Cl)cc1Cl)Nc1ccccc1C(=O)c1ccccc1. The minimum atomic E-state index is -0.822.